The number of carbonyl (C=O) groups is 1. The van der Waals surface area contributed by atoms with Gasteiger partial charge in [-0.3, -0.25) is 9.52 Å². The molecule has 0 spiro atoms. The highest BCUT2D eigenvalue weighted by molar-refractivity contribution is 7.93. The number of fused-ring (bicyclic) bond motifs is 1. The van der Waals surface area contributed by atoms with Crippen LogP contribution in [-0.4, -0.2) is 25.4 Å². The van der Waals surface area contributed by atoms with Crippen LogP contribution in [0.5, 0.6) is 5.75 Å². The van der Waals surface area contributed by atoms with E-state index in [1.54, 1.807) is 17.5 Å². The second-order valence-electron chi connectivity index (χ2n) is 6.95. The van der Waals surface area contributed by atoms with Crippen molar-refractivity contribution in [2.45, 2.75) is 24.3 Å². The molecule has 0 aliphatic rings. The van der Waals surface area contributed by atoms with Gasteiger partial charge in [0.2, 0.25) is 0 Å². The number of amides is 1. The Morgan fingerprint density at radius 1 is 1.06 bits per heavy atom. The summed E-state index contributed by atoms with van der Waals surface area (Å²) in [5.41, 5.74) is 0.475. The molecule has 1 heterocycles. The summed E-state index contributed by atoms with van der Waals surface area (Å²) in [4.78, 5) is 16.8. The minimum Gasteiger partial charge on any atom is -0.480 e. The van der Waals surface area contributed by atoms with Crippen LogP contribution in [0.25, 0.3) is 10.8 Å². The highest BCUT2D eigenvalue weighted by Crippen LogP contribution is 2.27. The first-order chi connectivity index (χ1) is 15.5. The van der Waals surface area contributed by atoms with Gasteiger partial charge in [0, 0.05) is 22.7 Å². The van der Waals surface area contributed by atoms with Crippen molar-refractivity contribution in [3.05, 3.63) is 78.3 Å². The van der Waals surface area contributed by atoms with Crippen molar-refractivity contribution in [2.75, 3.05) is 10.0 Å². The first kappa shape index (κ1) is 21.8. The monoisotopic (exact) mass is 467 g/mol. The third-order valence-electron chi connectivity index (χ3n) is 4.77. The van der Waals surface area contributed by atoms with E-state index in [-0.39, 0.29) is 10.8 Å². The molecule has 0 unspecified atom stereocenters. The van der Waals surface area contributed by atoms with Gasteiger partial charge in [-0.2, -0.15) is 0 Å². The number of aromatic nitrogens is 1. The summed E-state index contributed by atoms with van der Waals surface area (Å²) in [5, 5.41) is 6.73. The summed E-state index contributed by atoms with van der Waals surface area (Å²) in [5.74, 6) is 0.330. The fourth-order valence-electron chi connectivity index (χ4n) is 3.16. The number of nitrogens with zero attached hydrogens (tertiary/aromatic N) is 1. The molecule has 1 amide bonds. The first-order valence-corrected chi connectivity index (χ1v) is 12.3. The van der Waals surface area contributed by atoms with Crippen LogP contribution in [0, 0.1) is 0 Å². The van der Waals surface area contributed by atoms with Crippen LogP contribution in [0.3, 0.4) is 0 Å². The second kappa shape index (κ2) is 9.37. The van der Waals surface area contributed by atoms with Crippen molar-refractivity contribution in [2.24, 2.45) is 0 Å². The van der Waals surface area contributed by atoms with Crippen molar-refractivity contribution in [3.8, 4) is 5.75 Å². The van der Waals surface area contributed by atoms with Gasteiger partial charge in [-0.15, -0.1) is 11.3 Å². The van der Waals surface area contributed by atoms with Crippen LogP contribution in [0.15, 0.2) is 83.2 Å². The van der Waals surface area contributed by atoms with Gasteiger partial charge in [0.15, 0.2) is 11.2 Å². The zero-order valence-corrected chi connectivity index (χ0v) is 18.8. The van der Waals surface area contributed by atoms with Gasteiger partial charge in [-0.05, 0) is 42.1 Å². The maximum atomic E-state index is 12.8. The van der Waals surface area contributed by atoms with E-state index < -0.39 is 16.1 Å². The van der Waals surface area contributed by atoms with Gasteiger partial charge >= 0.3 is 0 Å². The Balaban J connectivity index is 1.45. The van der Waals surface area contributed by atoms with Crippen molar-refractivity contribution >= 4 is 48.9 Å². The third-order valence-corrected chi connectivity index (χ3v) is 6.94. The largest absolute Gasteiger partial charge is 0.480 e. The average Bonchev–Trinajstić information content (AvgIpc) is 3.30. The number of thiazole rings is 1. The van der Waals surface area contributed by atoms with Gasteiger partial charge in [-0.1, -0.05) is 43.3 Å². The number of nitrogens with one attached hydrogen (secondary N) is 2. The summed E-state index contributed by atoms with van der Waals surface area (Å²) in [7, 11) is -3.75. The van der Waals surface area contributed by atoms with Crippen LogP contribution in [-0.2, 0) is 14.8 Å². The van der Waals surface area contributed by atoms with E-state index in [0.717, 1.165) is 10.8 Å². The lowest BCUT2D eigenvalue weighted by molar-refractivity contribution is -0.122. The zero-order chi connectivity index (χ0) is 22.6. The molecule has 0 fully saturated rings. The molecule has 7 nitrogen and oxygen atoms in total. The molecule has 0 radical (unpaired) electrons. The minimum atomic E-state index is -3.75. The highest BCUT2D eigenvalue weighted by atomic mass is 32.2. The topological polar surface area (TPSA) is 97.4 Å². The van der Waals surface area contributed by atoms with Crippen LogP contribution in [0.4, 0.5) is 10.8 Å². The molecule has 4 rings (SSSR count). The van der Waals surface area contributed by atoms with Gasteiger partial charge in [0.05, 0.1) is 4.90 Å². The summed E-state index contributed by atoms with van der Waals surface area (Å²) in [6.45, 7) is 1.87. The number of hydrogen-bond donors (Lipinski definition) is 2. The van der Waals surface area contributed by atoms with Crippen molar-refractivity contribution in [1.29, 1.82) is 0 Å². The number of rotatable bonds is 8. The molecule has 3 aromatic carbocycles. The molecule has 4 aromatic rings. The van der Waals surface area contributed by atoms with Gasteiger partial charge < -0.3 is 10.1 Å². The molecule has 0 saturated carbocycles. The van der Waals surface area contributed by atoms with E-state index in [1.807, 2.05) is 49.4 Å². The summed E-state index contributed by atoms with van der Waals surface area (Å²) in [6, 6.07) is 19.5. The number of carbonyl (C=O) groups excluding carboxylic acids is 1. The smallest absolute Gasteiger partial charge is 0.265 e. The van der Waals surface area contributed by atoms with Crippen LogP contribution < -0.4 is 14.8 Å². The van der Waals surface area contributed by atoms with Gasteiger partial charge in [-0.25, -0.2) is 13.4 Å². The van der Waals surface area contributed by atoms with Crippen LogP contribution >= 0.6 is 11.3 Å². The maximum Gasteiger partial charge on any atom is 0.265 e. The summed E-state index contributed by atoms with van der Waals surface area (Å²) >= 11 is 1.19. The molecule has 0 aliphatic carbocycles. The van der Waals surface area contributed by atoms with Crippen LogP contribution in [0.2, 0.25) is 0 Å². The number of hydrogen-bond acceptors (Lipinski definition) is 6. The van der Waals surface area contributed by atoms with E-state index in [2.05, 4.69) is 15.0 Å². The lowest BCUT2D eigenvalue weighted by Crippen LogP contribution is -2.32. The molecule has 32 heavy (non-hydrogen) atoms. The molecule has 1 aromatic heterocycles. The van der Waals surface area contributed by atoms with Crippen molar-refractivity contribution < 1.29 is 17.9 Å². The molecular formula is C23H21N3O4S2. The molecule has 0 bridgehead atoms. The standard InChI is InChI=1S/C23H21N3O4S2/c1-2-20(30-21-9-5-7-16-6-3-4-8-19(16)21)22(27)25-17-10-12-18(13-11-17)32(28,29)26-23-24-14-15-31-23/h3-15,20H,2H2,1H3,(H,24,26)(H,25,27)/t20-/m0/s1. The third kappa shape index (κ3) is 4.90. The van der Waals surface area contributed by atoms with Crippen LogP contribution in [0.1, 0.15) is 13.3 Å². The minimum absolute atomic E-state index is 0.0738. The predicted molar refractivity (Wildman–Crippen MR) is 127 cm³/mol. The normalized spacial score (nSPS) is 12.3. The quantitative estimate of drug-likeness (QED) is 0.384. The molecule has 0 aliphatic heterocycles. The first-order valence-electron chi connectivity index (χ1n) is 9.94. The van der Waals surface area contributed by atoms with E-state index in [1.165, 1.54) is 29.7 Å². The molecule has 9 heteroatoms. The lowest BCUT2D eigenvalue weighted by Gasteiger charge is -2.18. The summed E-state index contributed by atoms with van der Waals surface area (Å²) < 4.78 is 33.3. The zero-order valence-electron chi connectivity index (χ0n) is 17.2. The number of ether oxygens (including phenoxy) is 1. The van der Waals surface area contributed by atoms with E-state index in [9.17, 15) is 13.2 Å². The average molecular weight is 468 g/mol. The number of sulfonamides is 1. The second-order valence-corrected chi connectivity index (χ2v) is 9.53. The Morgan fingerprint density at radius 3 is 2.53 bits per heavy atom. The van der Waals surface area contributed by atoms with E-state index >= 15 is 0 Å². The molecule has 0 saturated heterocycles. The molecule has 164 valence electrons. The van der Waals surface area contributed by atoms with Gasteiger partial charge in [0.25, 0.3) is 15.9 Å². The Morgan fingerprint density at radius 2 is 1.81 bits per heavy atom. The fraction of sp³-hybridized carbons (Fsp3) is 0.130. The van der Waals surface area contributed by atoms with Crippen molar-refractivity contribution in [3.63, 3.8) is 0 Å². The Bertz CT molecular complexity index is 1320. The van der Waals surface area contributed by atoms with E-state index in [0.29, 0.717) is 23.0 Å². The fourth-order valence-corrected chi connectivity index (χ4v) is 4.95. The molecule has 2 N–H and O–H groups in total. The Labute approximate surface area is 190 Å². The predicted octanol–water partition coefficient (Wildman–Crippen LogP) is 4.89. The maximum absolute atomic E-state index is 12.8. The van der Waals surface area contributed by atoms with Gasteiger partial charge in [0.1, 0.15) is 5.75 Å². The Hall–Kier alpha value is -3.43. The Kier molecular flexibility index (Phi) is 6.38. The number of benzene rings is 3. The molecular weight excluding hydrogens is 446 g/mol. The molecule has 1 atom stereocenters. The highest BCUT2D eigenvalue weighted by Gasteiger charge is 2.20. The lowest BCUT2D eigenvalue weighted by atomic mass is 10.1. The number of anilines is 2. The SMILES string of the molecule is CC[C@H](Oc1cccc2ccccc12)C(=O)Nc1ccc(S(=O)(=O)Nc2nccs2)cc1. The summed E-state index contributed by atoms with van der Waals surface area (Å²) in [6.07, 6.45) is 1.29. The van der Waals surface area contributed by atoms with Crippen molar-refractivity contribution in [1.82, 2.24) is 4.98 Å². The van der Waals surface area contributed by atoms with E-state index in [4.69, 9.17) is 4.74 Å².